The van der Waals surface area contributed by atoms with Crippen molar-refractivity contribution in [3.8, 4) is 10.7 Å². The summed E-state index contributed by atoms with van der Waals surface area (Å²) in [5.41, 5.74) is 2.26. The molecule has 0 aliphatic carbocycles. The Bertz CT molecular complexity index is 857. The van der Waals surface area contributed by atoms with Gasteiger partial charge in [0.25, 0.3) is 0 Å². The van der Waals surface area contributed by atoms with Gasteiger partial charge in [-0.1, -0.05) is 29.4 Å². The molecule has 0 N–H and O–H groups in total. The van der Waals surface area contributed by atoms with Gasteiger partial charge in [-0.2, -0.15) is 4.98 Å². The summed E-state index contributed by atoms with van der Waals surface area (Å²) in [6.45, 7) is 2.08. The van der Waals surface area contributed by atoms with Gasteiger partial charge >= 0.3 is 0 Å². The summed E-state index contributed by atoms with van der Waals surface area (Å²) >= 11 is 1.57. The number of nitrogens with zero attached hydrogens (tertiary/aromatic N) is 3. The van der Waals surface area contributed by atoms with E-state index in [9.17, 15) is 4.79 Å². The fraction of sp³-hybridized carbons (Fsp3) is 0.278. The number of anilines is 1. The van der Waals surface area contributed by atoms with Crippen molar-refractivity contribution in [3.63, 3.8) is 0 Å². The van der Waals surface area contributed by atoms with Crippen LogP contribution in [0.3, 0.4) is 0 Å². The predicted octanol–water partition coefficient (Wildman–Crippen LogP) is 3.71. The van der Waals surface area contributed by atoms with Gasteiger partial charge in [0.05, 0.1) is 4.88 Å². The smallest absolute Gasteiger partial charge is 0.227 e. The Balaban J connectivity index is 1.44. The van der Waals surface area contributed by atoms with Gasteiger partial charge in [-0.15, -0.1) is 11.3 Å². The number of hydrogen-bond acceptors (Lipinski definition) is 5. The van der Waals surface area contributed by atoms with Crippen LogP contribution in [-0.2, 0) is 17.6 Å². The normalized spacial score (nSPS) is 16.4. The quantitative estimate of drug-likeness (QED) is 0.727. The topological polar surface area (TPSA) is 59.2 Å². The van der Waals surface area contributed by atoms with E-state index in [4.69, 9.17) is 4.52 Å². The molecule has 24 heavy (non-hydrogen) atoms. The summed E-state index contributed by atoms with van der Waals surface area (Å²) < 4.78 is 5.27. The van der Waals surface area contributed by atoms with E-state index in [1.807, 2.05) is 40.6 Å². The first-order chi connectivity index (χ1) is 11.7. The van der Waals surface area contributed by atoms with Crippen LogP contribution in [0.25, 0.3) is 10.7 Å². The molecule has 122 valence electrons. The van der Waals surface area contributed by atoms with E-state index in [-0.39, 0.29) is 11.9 Å². The van der Waals surface area contributed by atoms with Crippen LogP contribution in [-0.4, -0.2) is 22.1 Å². The molecule has 2 aromatic heterocycles. The van der Waals surface area contributed by atoms with Gasteiger partial charge in [0.15, 0.2) is 0 Å². The van der Waals surface area contributed by atoms with Crippen LogP contribution < -0.4 is 4.90 Å². The lowest BCUT2D eigenvalue weighted by Gasteiger charge is -2.22. The number of hydrogen-bond donors (Lipinski definition) is 0. The molecular weight excluding hydrogens is 322 g/mol. The van der Waals surface area contributed by atoms with Crippen molar-refractivity contribution in [2.24, 2.45) is 0 Å². The molecule has 0 spiro atoms. The monoisotopic (exact) mass is 339 g/mol. The molecule has 1 aliphatic heterocycles. The van der Waals surface area contributed by atoms with Gasteiger partial charge in [0, 0.05) is 24.6 Å². The third-order valence-corrected chi connectivity index (χ3v) is 5.10. The Morgan fingerprint density at radius 1 is 1.33 bits per heavy atom. The lowest BCUT2D eigenvalue weighted by molar-refractivity contribution is -0.118. The molecule has 6 heteroatoms. The zero-order valence-corrected chi connectivity index (χ0v) is 14.1. The van der Waals surface area contributed by atoms with Crippen LogP contribution in [0, 0.1) is 0 Å². The molecule has 1 aliphatic rings. The molecule has 5 nitrogen and oxygen atoms in total. The van der Waals surface area contributed by atoms with Crippen LogP contribution in [0.15, 0.2) is 46.3 Å². The Labute approximate surface area is 143 Å². The van der Waals surface area contributed by atoms with Gasteiger partial charge in [-0.05, 0) is 36.4 Å². The number of aryl methyl sites for hydroxylation is 1. The number of carbonyl (C=O) groups excluding carboxylic acids is 1. The first-order valence-corrected chi connectivity index (χ1v) is 8.87. The molecule has 0 fully saturated rings. The standard InChI is InChI=1S/C18H17N3O2S/c1-12-11-13-5-2-3-6-14(13)21(12)17(22)9-8-16-19-18(20-23-16)15-7-4-10-24-15/h2-7,10,12H,8-9,11H2,1H3. The fourth-order valence-electron chi connectivity index (χ4n) is 3.14. The number of fused-ring (bicyclic) bond motifs is 1. The van der Waals surface area contributed by atoms with Crippen LogP contribution in [0.2, 0.25) is 0 Å². The van der Waals surface area contributed by atoms with Crippen molar-refractivity contribution >= 4 is 22.9 Å². The number of benzene rings is 1. The maximum atomic E-state index is 12.7. The summed E-state index contributed by atoms with van der Waals surface area (Å²) in [4.78, 5) is 19.9. The van der Waals surface area contributed by atoms with E-state index in [1.54, 1.807) is 11.3 Å². The lowest BCUT2D eigenvalue weighted by Crippen LogP contribution is -2.35. The summed E-state index contributed by atoms with van der Waals surface area (Å²) in [6.07, 6.45) is 1.73. The average Bonchev–Trinajstić information content (AvgIpc) is 3.31. The van der Waals surface area contributed by atoms with E-state index in [2.05, 4.69) is 23.1 Å². The molecule has 3 heterocycles. The summed E-state index contributed by atoms with van der Waals surface area (Å²) in [7, 11) is 0. The van der Waals surface area contributed by atoms with E-state index in [1.165, 1.54) is 5.56 Å². The Kier molecular flexibility index (Phi) is 3.90. The summed E-state index contributed by atoms with van der Waals surface area (Å²) in [5.74, 6) is 1.20. The Morgan fingerprint density at radius 2 is 2.21 bits per heavy atom. The maximum absolute atomic E-state index is 12.7. The van der Waals surface area contributed by atoms with Crippen LogP contribution in [0.4, 0.5) is 5.69 Å². The van der Waals surface area contributed by atoms with E-state index < -0.39 is 0 Å². The molecule has 1 atom stereocenters. The van der Waals surface area contributed by atoms with Crippen molar-refractivity contribution in [2.45, 2.75) is 32.2 Å². The number of para-hydroxylation sites is 1. The predicted molar refractivity (Wildman–Crippen MR) is 93.0 cm³/mol. The number of rotatable bonds is 4. The SMILES string of the molecule is CC1Cc2ccccc2N1C(=O)CCc1nc(-c2cccs2)no1. The molecule has 1 amide bonds. The van der Waals surface area contributed by atoms with Crippen molar-refractivity contribution in [1.29, 1.82) is 0 Å². The van der Waals surface area contributed by atoms with Gasteiger partial charge < -0.3 is 9.42 Å². The molecule has 3 aromatic rings. The van der Waals surface area contributed by atoms with Crippen molar-refractivity contribution in [2.75, 3.05) is 4.90 Å². The number of thiophene rings is 1. The van der Waals surface area contributed by atoms with Gasteiger partial charge in [0.1, 0.15) is 0 Å². The maximum Gasteiger partial charge on any atom is 0.227 e. The fourth-order valence-corrected chi connectivity index (χ4v) is 3.79. The molecule has 4 rings (SSSR count). The van der Waals surface area contributed by atoms with E-state index in [0.29, 0.717) is 24.6 Å². The van der Waals surface area contributed by atoms with Gasteiger partial charge in [-0.25, -0.2) is 0 Å². The molecule has 0 radical (unpaired) electrons. The Hall–Kier alpha value is -2.47. The second kappa shape index (κ2) is 6.20. The second-order valence-corrected chi connectivity index (χ2v) is 6.88. The number of amides is 1. The zero-order valence-electron chi connectivity index (χ0n) is 13.3. The van der Waals surface area contributed by atoms with E-state index in [0.717, 1.165) is 17.0 Å². The molecule has 0 saturated carbocycles. The highest BCUT2D eigenvalue weighted by molar-refractivity contribution is 7.13. The number of carbonyl (C=O) groups is 1. The molecular formula is C18H17N3O2S. The van der Waals surface area contributed by atoms with Crippen molar-refractivity contribution in [3.05, 3.63) is 53.2 Å². The molecule has 1 unspecified atom stereocenters. The largest absolute Gasteiger partial charge is 0.339 e. The summed E-state index contributed by atoms with van der Waals surface area (Å²) in [6, 6.07) is 12.2. The van der Waals surface area contributed by atoms with Crippen LogP contribution >= 0.6 is 11.3 Å². The highest BCUT2D eigenvalue weighted by atomic mass is 32.1. The van der Waals surface area contributed by atoms with Crippen LogP contribution in [0.5, 0.6) is 0 Å². The minimum Gasteiger partial charge on any atom is -0.339 e. The highest BCUT2D eigenvalue weighted by Gasteiger charge is 2.30. The van der Waals surface area contributed by atoms with Crippen LogP contribution in [0.1, 0.15) is 24.8 Å². The first-order valence-electron chi connectivity index (χ1n) is 7.99. The lowest BCUT2D eigenvalue weighted by atomic mass is 10.1. The van der Waals surface area contributed by atoms with Gasteiger partial charge in [0.2, 0.25) is 17.6 Å². The highest BCUT2D eigenvalue weighted by Crippen LogP contribution is 2.32. The van der Waals surface area contributed by atoms with Gasteiger partial charge in [-0.3, -0.25) is 4.79 Å². The average molecular weight is 339 g/mol. The first kappa shape index (κ1) is 15.1. The van der Waals surface area contributed by atoms with E-state index >= 15 is 0 Å². The third-order valence-electron chi connectivity index (χ3n) is 4.24. The second-order valence-electron chi connectivity index (χ2n) is 5.93. The minimum absolute atomic E-state index is 0.100. The molecule has 0 bridgehead atoms. The third kappa shape index (κ3) is 2.73. The zero-order chi connectivity index (χ0) is 16.5. The minimum atomic E-state index is 0.100. The number of aromatic nitrogens is 2. The van der Waals surface area contributed by atoms with Crippen molar-refractivity contribution < 1.29 is 9.32 Å². The molecule has 1 aromatic carbocycles. The Morgan fingerprint density at radius 3 is 3.04 bits per heavy atom. The molecule has 0 saturated heterocycles. The summed E-state index contributed by atoms with van der Waals surface area (Å²) in [5, 5.41) is 5.96. The van der Waals surface area contributed by atoms with Crippen molar-refractivity contribution in [1.82, 2.24) is 10.1 Å².